The molecule has 110 valence electrons. The molecule has 1 aliphatic rings. The third-order valence-electron chi connectivity index (χ3n) is 3.26. The molecule has 1 amide bonds. The van der Waals surface area contributed by atoms with Gasteiger partial charge in [-0.1, -0.05) is 11.6 Å². The fraction of sp³-hybridized carbons (Fsp3) is 0.308. The highest BCUT2D eigenvalue weighted by molar-refractivity contribution is 7.10. The summed E-state index contributed by atoms with van der Waals surface area (Å²) in [5.41, 5.74) is 6.72. The first-order valence-electron chi connectivity index (χ1n) is 6.40. The molecule has 0 aliphatic carbocycles. The SMILES string of the molecule is NC(=O)c1cc(Cl)nnc1NC[C@@H]1OCCc2sccc21. The van der Waals surface area contributed by atoms with Gasteiger partial charge in [-0.25, -0.2) is 0 Å². The maximum absolute atomic E-state index is 11.4. The number of ether oxygens (including phenoxy) is 1. The van der Waals surface area contributed by atoms with Crippen LogP contribution in [0.25, 0.3) is 0 Å². The highest BCUT2D eigenvalue weighted by Crippen LogP contribution is 2.31. The Balaban J connectivity index is 1.76. The van der Waals surface area contributed by atoms with Crippen LogP contribution in [0.3, 0.4) is 0 Å². The fourth-order valence-electron chi connectivity index (χ4n) is 2.27. The number of amides is 1. The lowest BCUT2D eigenvalue weighted by Gasteiger charge is -2.24. The van der Waals surface area contributed by atoms with Gasteiger partial charge in [0.15, 0.2) is 11.0 Å². The van der Waals surface area contributed by atoms with E-state index in [9.17, 15) is 4.79 Å². The van der Waals surface area contributed by atoms with Gasteiger partial charge in [0.1, 0.15) is 6.10 Å². The minimum absolute atomic E-state index is 0.0711. The molecule has 1 atom stereocenters. The molecule has 0 saturated heterocycles. The van der Waals surface area contributed by atoms with Crippen LogP contribution in [-0.2, 0) is 11.2 Å². The van der Waals surface area contributed by atoms with Crippen LogP contribution in [0.2, 0.25) is 5.15 Å². The fourth-order valence-corrected chi connectivity index (χ4v) is 3.33. The van der Waals surface area contributed by atoms with Gasteiger partial charge in [0.2, 0.25) is 0 Å². The molecule has 3 rings (SSSR count). The number of thiophene rings is 1. The Morgan fingerprint density at radius 2 is 2.43 bits per heavy atom. The molecule has 0 fully saturated rings. The predicted molar refractivity (Wildman–Crippen MR) is 80.8 cm³/mol. The molecule has 8 heteroatoms. The first-order valence-corrected chi connectivity index (χ1v) is 7.65. The van der Waals surface area contributed by atoms with Crippen molar-refractivity contribution in [3.8, 4) is 0 Å². The summed E-state index contributed by atoms with van der Waals surface area (Å²) in [6.45, 7) is 1.18. The highest BCUT2D eigenvalue weighted by atomic mass is 35.5. The van der Waals surface area contributed by atoms with Crippen LogP contribution in [0.1, 0.15) is 26.9 Å². The van der Waals surface area contributed by atoms with Crippen LogP contribution in [0.15, 0.2) is 17.5 Å². The number of anilines is 1. The molecular formula is C13H13ClN4O2S. The largest absolute Gasteiger partial charge is 0.371 e. The first kappa shape index (κ1) is 14.2. The molecule has 0 spiro atoms. The summed E-state index contributed by atoms with van der Waals surface area (Å²) < 4.78 is 5.76. The lowest BCUT2D eigenvalue weighted by molar-refractivity contribution is 0.0526. The van der Waals surface area contributed by atoms with E-state index in [-0.39, 0.29) is 16.8 Å². The zero-order chi connectivity index (χ0) is 14.8. The Bertz CT molecular complexity index is 676. The zero-order valence-electron chi connectivity index (χ0n) is 11.0. The van der Waals surface area contributed by atoms with E-state index in [0.29, 0.717) is 19.0 Å². The minimum Gasteiger partial charge on any atom is -0.371 e. The van der Waals surface area contributed by atoms with Crippen LogP contribution in [0.5, 0.6) is 0 Å². The first-order chi connectivity index (χ1) is 10.1. The second-order valence-electron chi connectivity index (χ2n) is 4.58. The summed E-state index contributed by atoms with van der Waals surface area (Å²) >= 11 is 7.46. The van der Waals surface area contributed by atoms with E-state index < -0.39 is 5.91 Å². The van der Waals surface area contributed by atoms with Gasteiger partial charge in [-0.3, -0.25) is 4.79 Å². The molecule has 3 N–H and O–H groups in total. The lowest BCUT2D eigenvalue weighted by atomic mass is 10.1. The second kappa shape index (κ2) is 5.97. The topological polar surface area (TPSA) is 90.1 Å². The molecule has 6 nitrogen and oxygen atoms in total. The molecule has 0 saturated carbocycles. The summed E-state index contributed by atoms with van der Waals surface area (Å²) in [5.74, 6) is -0.284. The Morgan fingerprint density at radius 3 is 3.24 bits per heavy atom. The summed E-state index contributed by atoms with van der Waals surface area (Å²) in [5, 5.41) is 12.9. The number of nitrogens with two attached hydrogens (primary N) is 1. The molecule has 0 radical (unpaired) electrons. The molecule has 1 aliphatic heterocycles. The van der Waals surface area contributed by atoms with Crippen molar-refractivity contribution in [2.24, 2.45) is 5.73 Å². The molecular weight excluding hydrogens is 312 g/mol. The van der Waals surface area contributed by atoms with E-state index in [1.807, 2.05) is 0 Å². The van der Waals surface area contributed by atoms with Gasteiger partial charge in [-0.2, -0.15) is 0 Å². The number of aromatic nitrogens is 2. The Hall–Kier alpha value is -1.70. The van der Waals surface area contributed by atoms with Gasteiger partial charge in [0.05, 0.1) is 12.2 Å². The molecule has 3 heterocycles. The predicted octanol–water partition coefficient (Wildman–Crippen LogP) is 2.02. The van der Waals surface area contributed by atoms with Gasteiger partial charge in [0, 0.05) is 17.8 Å². The summed E-state index contributed by atoms with van der Waals surface area (Å²) in [6.07, 6.45) is 0.870. The summed E-state index contributed by atoms with van der Waals surface area (Å²) in [6, 6.07) is 3.46. The molecule has 21 heavy (non-hydrogen) atoms. The number of primary amides is 1. The van der Waals surface area contributed by atoms with Crippen molar-refractivity contribution in [3.05, 3.63) is 38.7 Å². The number of carbonyl (C=O) groups excluding carboxylic acids is 1. The van der Waals surface area contributed by atoms with Crippen molar-refractivity contribution in [2.75, 3.05) is 18.5 Å². The smallest absolute Gasteiger partial charge is 0.252 e. The molecule has 0 unspecified atom stereocenters. The van der Waals surface area contributed by atoms with Crippen LogP contribution in [0.4, 0.5) is 5.82 Å². The molecule has 0 bridgehead atoms. The Morgan fingerprint density at radius 1 is 1.57 bits per heavy atom. The summed E-state index contributed by atoms with van der Waals surface area (Å²) in [7, 11) is 0. The van der Waals surface area contributed by atoms with E-state index in [2.05, 4.69) is 27.0 Å². The third kappa shape index (κ3) is 2.99. The number of hydrogen-bond donors (Lipinski definition) is 2. The van der Waals surface area contributed by atoms with Gasteiger partial charge >= 0.3 is 0 Å². The van der Waals surface area contributed by atoms with Crippen molar-refractivity contribution in [2.45, 2.75) is 12.5 Å². The number of rotatable bonds is 4. The highest BCUT2D eigenvalue weighted by Gasteiger charge is 2.22. The van der Waals surface area contributed by atoms with Crippen LogP contribution in [-0.4, -0.2) is 29.3 Å². The van der Waals surface area contributed by atoms with Crippen molar-refractivity contribution in [1.82, 2.24) is 10.2 Å². The molecule has 2 aromatic rings. The van der Waals surface area contributed by atoms with Crippen molar-refractivity contribution in [1.29, 1.82) is 0 Å². The van der Waals surface area contributed by atoms with Gasteiger partial charge in [-0.05, 0) is 23.1 Å². The Kier molecular flexibility index (Phi) is 4.05. The van der Waals surface area contributed by atoms with E-state index in [1.54, 1.807) is 11.3 Å². The van der Waals surface area contributed by atoms with Crippen molar-refractivity contribution >= 4 is 34.7 Å². The average molecular weight is 325 g/mol. The monoisotopic (exact) mass is 324 g/mol. The number of hydrogen-bond acceptors (Lipinski definition) is 6. The average Bonchev–Trinajstić information content (AvgIpc) is 2.94. The Labute approximate surface area is 130 Å². The zero-order valence-corrected chi connectivity index (χ0v) is 12.6. The van der Waals surface area contributed by atoms with Crippen LogP contribution >= 0.6 is 22.9 Å². The van der Waals surface area contributed by atoms with Gasteiger partial charge in [-0.15, -0.1) is 21.5 Å². The summed E-state index contributed by atoms with van der Waals surface area (Å²) in [4.78, 5) is 12.7. The maximum atomic E-state index is 11.4. The third-order valence-corrected chi connectivity index (χ3v) is 4.44. The molecule has 0 aromatic carbocycles. The van der Waals surface area contributed by atoms with Gasteiger partial charge in [0.25, 0.3) is 5.91 Å². The number of fused-ring (bicyclic) bond motifs is 1. The van der Waals surface area contributed by atoms with Gasteiger partial charge < -0.3 is 15.8 Å². The number of nitrogens with one attached hydrogen (secondary N) is 1. The second-order valence-corrected chi connectivity index (χ2v) is 5.97. The maximum Gasteiger partial charge on any atom is 0.252 e. The van der Waals surface area contributed by atoms with E-state index in [1.165, 1.54) is 16.5 Å². The number of halogens is 1. The van der Waals surface area contributed by atoms with E-state index in [4.69, 9.17) is 22.1 Å². The molecule has 2 aromatic heterocycles. The minimum atomic E-state index is -0.602. The normalized spacial score (nSPS) is 17.3. The standard InChI is InChI=1S/C13H13ClN4O2S/c14-11-5-8(12(15)19)13(18-17-11)16-6-9-7-2-4-21-10(7)1-3-20-9/h2,4-5,9H,1,3,6H2,(H2,15,19)(H,16,18)/t9-/m0/s1. The van der Waals surface area contributed by atoms with Crippen LogP contribution < -0.4 is 11.1 Å². The van der Waals surface area contributed by atoms with E-state index >= 15 is 0 Å². The number of carbonyl (C=O) groups is 1. The lowest BCUT2D eigenvalue weighted by Crippen LogP contribution is -2.23. The van der Waals surface area contributed by atoms with Crippen molar-refractivity contribution in [3.63, 3.8) is 0 Å². The quantitative estimate of drug-likeness (QED) is 0.898. The van der Waals surface area contributed by atoms with Crippen molar-refractivity contribution < 1.29 is 9.53 Å². The van der Waals surface area contributed by atoms with Crippen LogP contribution in [0, 0.1) is 0 Å². The van der Waals surface area contributed by atoms with E-state index in [0.717, 1.165) is 6.42 Å². The number of nitrogens with zero attached hydrogens (tertiary/aromatic N) is 2.